The van der Waals surface area contributed by atoms with Crippen molar-refractivity contribution in [3.05, 3.63) is 0 Å². The number of hydrogen-bond acceptors (Lipinski definition) is 4. The van der Waals surface area contributed by atoms with Gasteiger partial charge in [-0.25, -0.2) is 0 Å². The quantitative estimate of drug-likeness (QED) is 0.446. The van der Waals surface area contributed by atoms with Crippen LogP contribution in [0.5, 0.6) is 0 Å². The number of hydroxylamine groups is 1. The van der Waals surface area contributed by atoms with Crippen molar-refractivity contribution in [2.75, 3.05) is 13.2 Å². The fourth-order valence-electron chi connectivity index (χ4n) is 1.56. The maximum atomic E-state index is 11.5. The summed E-state index contributed by atoms with van der Waals surface area (Å²) in [6.07, 6.45) is 6.42. The molecule has 0 aromatic rings. The predicted octanol–water partition coefficient (Wildman–Crippen LogP) is 2.02. The molecule has 0 aliphatic rings. The predicted molar refractivity (Wildman–Crippen MR) is 63.7 cm³/mol. The SMILES string of the molecule is CCCCCCC(CC)C(=O)ONCCO. The minimum Gasteiger partial charge on any atom is -0.395 e. The lowest BCUT2D eigenvalue weighted by Crippen LogP contribution is -2.27. The van der Waals surface area contributed by atoms with Crippen LogP contribution in [-0.4, -0.2) is 24.2 Å². The second-order valence-corrected chi connectivity index (χ2v) is 3.99. The van der Waals surface area contributed by atoms with Crippen LogP contribution in [0.3, 0.4) is 0 Å². The first-order valence-corrected chi connectivity index (χ1v) is 6.30. The Bertz CT molecular complexity index is 174. The summed E-state index contributed by atoms with van der Waals surface area (Å²) in [4.78, 5) is 16.4. The monoisotopic (exact) mass is 231 g/mol. The molecule has 1 unspecified atom stereocenters. The molecular formula is C12H25NO3. The first kappa shape index (κ1) is 15.4. The molecular weight excluding hydrogens is 206 g/mol. The highest BCUT2D eigenvalue weighted by molar-refractivity contribution is 5.71. The van der Waals surface area contributed by atoms with Crippen molar-refractivity contribution in [2.24, 2.45) is 5.92 Å². The van der Waals surface area contributed by atoms with E-state index in [1.165, 1.54) is 19.3 Å². The molecule has 0 rings (SSSR count). The van der Waals surface area contributed by atoms with Crippen LogP contribution in [0, 0.1) is 5.92 Å². The van der Waals surface area contributed by atoms with Gasteiger partial charge in [0, 0.05) is 0 Å². The third-order valence-corrected chi connectivity index (χ3v) is 2.62. The number of carbonyl (C=O) groups excluding carboxylic acids is 1. The first-order chi connectivity index (χ1) is 7.76. The topological polar surface area (TPSA) is 58.6 Å². The van der Waals surface area contributed by atoms with E-state index in [0.29, 0.717) is 0 Å². The highest BCUT2D eigenvalue weighted by Gasteiger charge is 2.17. The van der Waals surface area contributed by atoms with Crippen LogP contribution >= 0.6 is 0 Å². The smallest absolute Gasteiger partial charge is 0.327 e. The molecule has 96 valence electrons. The van der Waals surface area contributed by atoms with Crippen molar-refractivity contribution in [3.63, 3.8) is 0 Å². The molecule has 0 aromatic carbocycles. The Kier molecular flexibility index (Phi) is 10.5. The standard InChI is InChI=1S/C12H25NO3/c1-3-5-6-7-8-11(4-2)12(15)16-13-9-10-14/h11,13-14H,3-10H2,1-2H3. The van der Waals surface area contributed by atoms with Crippen molar-refractivity contribution in [1.82, 2.24) is 5.48 Å². The van der Waals surface area contributed by atoms with Gasteiger partial charge in [0.25, 0.3) is 0 Å². The van der Waals surface area contributed by atoms with E-state index < -0.39 is 0 Å². The Morgan fingerprint density at radius 3 is 2.62 bits per heavy atom. The van der Waals surface area contributed by atoms with Crippen LogP contribution in [0.4, 0.5) is 0 Å². The first-order valence-electron chi connectivity index (χ1n) is 6.30. The summed E-state index contributed by atoms with van der Waals surface area (Å²) in [6.45, 7) is 4.43. The van der Waals surface area contributed by atoms with Gasteiger partial charge in [-0.15, -0.1) is 0 Å². The Labute approximate surface area is 98.3 Å². The normalized spacial score (nSPS) is 12.4. The molecule has 16 heavy (non-hydrogen) atoms. The van der Waals surface area contributed by atoms with Gasteiger partial charge < -0.3 is 9.94 Å². The highest BCUT2D eigenvalue weighted by Crippen LogP contribution is 2.15. The molecule has 0 aromatic heterocycles. The number of unbranched alkanes of at least 4 members (excludes halogenated alkanes) is 3. The zero-order valence-corrected chi connectivity index (χ0v) is 10.5. The van der Waals surface area contributed by atoms with Gasteiger partial charge in [0.15, 0.2) is 0 Å². The summed E-state index contributed by atoms with van der Waals surface area (Å²) in [5.41, 5.74) is 2.45. The van der Waals surface area contributed by atoms with E-state index in [2.05, 4.69) is 12.4 Å². The van der Waals surface area contributed by atoms with Crippen LogP contribution in [0.1, 0.15) is 52.4 Å². The third-order valence-electron chi connectivity index (χ3n) is 2.62. The molecule has 4 heteroatoms. The molecule has 0 radical (unpaired) electrons. The van der Waals surface area contributed by atoms with Gasteiger partial charge in [-0.3, -0.25) is 4.79 Å². The average Bonchev–Trinajstić information content (AvgIpc) is 2.29. The zero-order chi connectivity index (χ0) is 12.2. The Morgan fingerprint density at radius 2 is 2.06 bits per heavy atom. The second-order valence-electron chi connectivity index (χ2n) is 3.99. The van der Waals surface area contributed by atoms with E-state index in [4.69, 9.17) is 9.94 Å². The average molecular weight is 231 g/mol. The maximum Gasteiger partial charge on any atom is 0.327 e. The molecule has 0 bridgehead atoms. The van der Waals surface area contributed by atoms with Gasteiger partial charge in [-0.2, -0.15) is 5.48 Å². The molecule has 0 fully saturated rings. The lowest BCUT2D eigenvalue weighted by Gasteiger charge is -2.13. The summed E-state index contributed by atoms with van der Waals surface area (Å²) in [7, 11) is 0. The Morgan fingerprint density at radius 1 is 1.31 bits per heavy atom. The second kappa shape index (κ2) is 10.9. The summed E-state index contributed by atoms with van der Waals surface area (Å²) >= 11 is 0. The van der Waals surface area contributed by atoms with Crippen molar-refractivity contribution >= 4 is 5.97 Å². The molecule has 0 saturated carbocycles. The molecule has 0 spiro atoms. The molecule has 0 amide bonds. The minimum absolute atomic E-state index is 0.0111. The van der Waals surface area contributed by atoms with E-state index in [0.717, 1.165) is 19.3 Å². The van der Waals surface area contributed by atoms with Crippen LogP contribution in [-0.2, 0) is 9.63 Å². The van der Waals surface area contributed by atoms with E-state index in [1.54, 1.807) is 0 Å². The third kappa shape index (κ3) is 7.65. The molecule has 0 aliphatic carbocycles. The number of carbonyl (C=O) groups is 1. The summed E-state index contributed by atoms with van der Waals surface area (Å²) in [5.74, 6) is -0.213. The van der Waals surface area contributed by atoms with E-state index >= 15 is 0 Å². The lowest BCUT2D eigenvalue weighted by molar-refractivity contribution is -0.156. The van der Waals surface area contributed by atoms with E-state index in [-0.39, 0.29) is 25.0 Å². The van der Waals surface area contributed by atoms with Gasteiger partial charge in [0.1, 0.15) is 0 Å². The van der Waals surface area contributed by atoms with Crippen LogP contribution in [0.15, 0.2) is 0 Å². The van der Waals surface area contributed by atoms with E-state index in [9.17, 15) is 4.79 Å². The van der Waals surface area contributed by atoms with Gasteiger partial charge >= 0.3 is 5.97 Å². The van der Waals surface area contributed by atoms with Crippen LogP contribution < -0.4 is 5.48 Å². The maximum absolute atomic E-state index is 11.5. The van der Waals surface area contributed by atoms with Crippen molar-refractivity contribution < 1.29 is 14.7 Å². The molecule has 0 saturated heterocycles. The van der Waals surface area contributed by atoms with Gasteiger partial charge in [-0.05, 0) is 12.8 Å². The van der Waals surface area contributed by atoms with Gasteiger partial charge in [-0.1, -0.05) is 39.5 Å². The largest absolute Gasteiger partial charge is 0.395 e. The molecule has 0 aliphatic heterocycles. The van der Waals surface area contributed by atoms with Crippen molar-refractivity contribution in [2.45, 2.75) is 52.4 Å². The van der Waals surface area contributed by atoms with Gasteiger partial charge in [0.2, 0.25) is 0 Å². The van der Waals surface area contributed by atoms with Crippen LogP contribution in [0.25, 0.3) is 0 Å². The number of rotatable bonds is 10. The van der Waals surface area contributed by atoms with Crippen molar-refractivity contribution in [3.8, 4) is 0 Å². The number of nitrogens with one attached hydrogen (secondary N) is 1. The minimum atomic E-state index is -0.201. The molecule has 0 heterocycles. The van der Waals surface area contributed by atoms with E-state index in [1.807, 2.05) is 6.92 Å². The molecule has 2 N–H and O–H groups in total. The molecule has 1 atom stereocenters. The van der Waals surface area contributed by atoms with Crippen LogP contribution in [0.2, 0.25) is 0 Å². The number of aliphatic hydroxyl groups is 1. The van der Waals surface area contributed by atoms with Gasteiger partial charge in [0.05, 0.1) is 19.1 Å². The fourth-order valence-corrected chi connectivity index (χ4v) is 1.56. The lowest BCUT2D eigenvalue weighted by atomic mass is 9.98. The summed E-state index contributed by atoms with van der Waals surface area (Å²) in [6, 6.07) is 0. The number of aliphatic hydroxyl groups excluding tert-OH is 1. The summed E-state index contributed by atoms with van der Waals surface area (Å²) in [5, 5.41) is 8.52. The zero-order valence-electron chi connectivity index (χ0n) is 10.5. The van der Waals surface area contributed by atoms with Crippen molar-refractivity contribution in [1.29, 1.82) is 0 Å². The Hall–Kier alpha value is -0.610. The number of hydrogen-bond donors (Lipinski definition) is 2. The Balaban J connectivity index is 3.65. The molecule has 4 nitrogen and oxygen atoms in total. The highest BCUT2D eigenvalue weighted by atomic mass is 16.7. The summed E-state index contributed by atoms with van der Waals surface area (Å²) < 4.78 is 0. The fraction of sp³-hybridized carbons (Fsp3) is 0.917.